The maximum absolute atomic E-state index is 5.12. The molecule has 1 N–H and O–H groups in total. The number of methoxy groups -OCH3 is 1. The molecule has 0 bridgehead atoms. The normalized spacial score (nSPS) is 32.6. The van der Waals surface area contributed by atoms with Crippen molar-refractivity contribution in [2.75, 3.05) is 33.4 Å². The van der Waals surface area contributed by atoms with E-state index in [0.29, 0.717) is 0 Å². The van der Waals surface area contributed by atoms with E-state index in [0.717, 1.165) is 18.7 Å². The van der Waals surface area contributed by atoms with Crippen LogP contribution in [0.2, 0.25) is 0 Å². The van der Waals surface area contributed by atoms with Crippen molar-refractivity contribution in [3.8, 4) is 0 Å². The Morgan fingerprint density at radius 3 is 3.00 bits per heavy atom. The van der Waals surface area contributed by atoms with Gasteiger partial charge in [0.25, 0.3) is 0 Å². The van der Waals surface area contributed by atoms with Gasteiger partial charge in [0.2, 0.25) is 0 Å². The van der Waals surface area contributed by atoms with Crippen LogP contribution in [0.4, 0.5) is 0 Å². The summed E-state index contributed by atoms with van der Waals surface area (Å²) in [7, 11) is 1.79. The summed E-state index contributed by atoms with van der Waals surface area (Å²) in [6.45, 7) is 4.65. The smallest absolute Gasteiger partial charge is 0.0474 e. The van der Waals surface area contributed by atoms with Crippen LogP contribution in [0, 0.1) is 0 Å². The number of nitrogens with zero attached hydrogens (tertiary/aromatic N) is 1. The lowest BCUT2D eigenvalue weighted by molar-refractivity contribution is 0.157. The molecular formula is C12H24N2O. The molecule has 2 unspecified atom stereocenters. The van der Waals surface area contributed by atoms with Crippen LogP contribution in [0.5, 0.6) is 0 Å². The van der Waals surface area contributed by atoms with Gasteiger partial charge < -0.3 is 10.1 Å². The van der Waals surface area contributed by atoms with Crippen LogP contribution in [-0.4, -0.2) is 50.3 Å². The van der Waals surface area contributed by atoms with Crippen molar-refractivity contribution in [1.29, 1.82) is 0 Å². The molecule has 2 saturated heterocycles. The van der Waals surface area contributed by atoms with Crippen molar-refractivity contribution in [3.63, 3.8) is 0 Å². The molecule has 2 rings (SSSR count). The molecule has 0 aromatic rings. The summed E-state index contributed by atoms with van der Waals surface area (Å²) >= 11 is 0. The van der Waals surface area contributed by atoms with Crippen molar-refractivity contribution in [2.24, 2.45) is 0 Å². The van der Waals surface area contributed by atoms with Crippen LogP contribution in [0.15, 0.2) is 0 Å². The van der Waals surface area contributed by atoms with Gasteiger partial charge in [-0.3, -0.25) is 4.90 Å². The second-order valence-corrected chi connectivity index (χ2v) is 4.79. The number of nitrogens with one attached hydrogen (secondary N) is 1. The fourth-order valence-electron chi connectivity index (χ4n) is 3.04. The molecule has 2 aliphatic heterocycles. The summed E-state index contributed by atoms with van der Waals surface area (Å²) in [5.41, 5.74) is 0. The van der Waals surface area contributed by atoms with E-state index in [9.17, 15) is 0 Å². The highest BCUT2D eigenvalue weighted by Gasteiger charge is 2.32. The van der Waals surface area contributed by atoms with Gasteiger partial charge in [0, 0.05) is 32.3 Å². The minimum Gasteiger partial charge on any atom is -0.385 e. The minimum absolute atomic E-state index is 0.773. The molecule has 3 heteroatoms. The van der Waals surface area contributed by atoms with E-state index in [1.807, 2.05) is 0 Å². The first-order valence-corrected chi connectivity index (χ1v) is 6.38. The van der Waals surface area contributed by atoms with Crippen LogP contribution in [-0.2, 0) is 4.74 Å². The maximum atomic E-state index is 5.12. The average molecular weight is 212 g/mol. The standard InChI is InChI=1S/C12H24N2O/c1-15-10-4-9-14-8-3-6-12(14)11-5-2-7-13-11/h11-13H,2-10H2,1H3. The lowest BCUT2D eigenvalue weighted by Gasteiger charge is -2.29. The molecule has 0 aromatic heterocycles. The number of hydrogen-bond donors (Lipinski definition) is 1. The fraction of sp³-hybridized carbons (Fsp3) is 1.00. The second-order valence-electron chi connectivity index (χ2n) is 4.79. The number of hydrogen-bond acceptors (Lipinski definition) is 3. The number of rotatable bonds is 5. The van der Waals surface area contributed by atoms with Crippen molar-refractivity contribution in [1.82, 2.24) is 10.2 Å². The predicted molar refractivity (Wildman–Crippen MR) is 62.1 cm³/mol. The van der Waals surface area contributed by atoms with E-state index in [-0.39, 0.29) is 0 Å². The molecule has 3 nitrogen and oxygen atoms in total. The Morgan fingerprint density at radius 1 is 1.33 bits per heavy atom. The molecule has 0 radical (unpaired) electrons. The molecule has 2 atom stereocenters. The highest BCUT2D eigenvalue weighted by molar-refractivity contribution is 4.91. The van der Waals surface area contributed by atoms with Crippen molar-refractivity contribution in [3.05, 3.63) is 0 Å². The molecule has 88 valence electrons. The zero-order chi connectivity index (χ0) is 10.5. The number of ether oxygens (including phenoxy) is 1. The Hall–Kier alpha value is -0.120. The van der Waals surface area contributed by atoms with Gasteiger partial charge in [-0.25, -0.2) is 0 Å². The van der Waals surface area contributed by atoms with E-state index in [1.165, 1.54) is 51.7 Å². The average Bonchev–Trinajstić information content (AvgIpc) is 2.87. The van der Waals surface area contributed by atoms with Gasteiger partial charge in [-0.15, -0.1) is 0 Å². The van der Waals surface area contributed by atoms with Crippen LogP contribution in [0.1, 0.15) is 32.1 Å². The van der Waals surface area contributed by atoms with Gasteiger partial charge >= 0.3 is 0 Å². The predicted octanol–water partition coefficient (Wildman–Crippen LogP) is 1.24. The highest BCUT2D eigenvalue weighted by atomic mass is 16.5. The van der Waals surface area contributed by atoms with Crippen LogP contribution in [0.25, 0.3) is 0 Å². The molecule has 2 aliphatic rings. The first kappa shape index (κ1) is 11.4. The Balaban J connectivity index is 1.76. The summed E-state index contributed by atoms with van der Waals surface area (Å²) < 4.78 is 5.12. The third kappa shape index (κ3) is 2.92. The summed E-state index contributed by atoms with van der Waals surface area (Å²) in [5.74, 6) is 0. The van der Waals surface area contributed by atoms with E-state index in [2.05, 4.69) is 10.2 Å². The van der Waals surface area contributed by atoms with Crippen LogP contribution < -0.4 is 5.32 Å². The molecule has 0 amide bonds. The van der Waals surface area contributed by atoms with Gasteiger partial charge in [0.05, 0.1) is 0 Å². The molecular weight excluding hydrogens is 188 g/mol. The lowest BCUT2D eigenvalue weighted by Crippen LogP contribution is -2.44. The molecule has 2 heterocycles. The zero-order valence-electron chi connectivity index (χ0n) is 9.87. The van der Waals surface area contributed by atoms with E-state index >= 15 is 0 Å². The van der Waals surface area contributed by atoms with Gasteiger partial charge in [-0.05, 0) is 45.2 Å². The quantitative estimate of drug-likeness (QED) is 0.694. The fourth-order valence-corrected chi connectivity index (χ4v) is 3.04. The molecule has 0 saturated carbocycles. The Labute approximate surface area is 93.2 Å². The molecule has 15 heavy (non-hydrogen) atoms. The maximum Gasteiger partial charge on any atom is 0.0474 e. The summed E-state index contributed by atoms with van der Waals surface area (Å²) in [4.78, 5) is 2.67. The van der Waals surface area contributed by atoms with E-state index in [1.54, 1.807) is 7.11 Å². The Morgan fingerprint density at radius 2 is 2.27 bits per heavy atom. The SMILES string of the molecule is COCCCN1CCCC1C1CCCN1. The molecule has 0 aromatic carbocycles. The highest BCUT2D eigenvalue weighted by Crippen LogP contribution is 2.24. The Kier molecular flexibility index (Phi) is 4.42. The van der Waals surface area contributed by atoms with Crippen LogP contribution >= 0.6 is 0 Å². The second kappa shape index (κ2) is 5.83. The van der Waals surface area contributed by atoms with Gasteiger partial charge in [0.1, 0.15) is 0 Å². The minimum atomic E-state index is 0.773. The summed E-state index contributed by atoms with van der Waals surface area (Å²) in [6, 6.07) is 1.58. The summed E-state index contributed by atoms with van der Waals surface area (Å²) in [5, 5.41) is 3.65. The van der Waals surface area contributed by atoms with Gasteiger partial charge in [0.15, 0.2) is 0 Å². The monoisotopic (exact) mass is 212 g/mol. The topological polar surface area (TPSA) is 24.5 Å². The van der Waals surface area contributed by atoms with Gasteiger partial charge in [-0.1, -0.05) is 0 Å². The molecule has 0 aliphatic carbocycles. The van der Waals surface area contributed by atoms with Crippen molar-refractivity contribution in [2.45, 2.75) is 44.2 Å². The lowest BCUT2D eigenvalue weighted by atomic mass is 10.0. The first-order valence-electron chi connectivity index (χ1n) is 6.38. The van der Waals surface area contributed by atoms with Crippen molar-refractivity contribution >= 4 is 0 Å². The van der Waals surface area contributed by atoms with E-state index < -0.39 is 0 Å². The Bertz CT molecular complexity index is 180. The summed E-state index contributed by atoms with van der Waals surface area (Å²) in [6.07, 6.45) is 6.71. The third-order valence-corrected chi connectivity index (χ3v) is 3.77. The molecule has 2 fully saturated rings. The first-order chi connectivity index (χ1) is 7.42. The van der Waals surface area contributed by atoms with Crippen LogP contribution in [0.3, 0.4) is 0 Å². The third-order valence-electron chi connectivity index (χ3n) is 3.77. The number of likely N-dealkylation sites (tertiary alicyclic amines) is 1. The molecule has 0 spiro atoms. The zero-order valence-corrected chi connectivity index (χ0v) is 9.87. The largest absolute Gasteiger partial charge is 0.385 e. The van der Waals surface area contributed by atoms with Crippen molar-refractivity contribution < 1.29 is 4.74 Å². The van der Waals surface area contributed by atoms with Gasteiger partial charge in [-0.2, -0.15) is 0 Å². The van der Waals surface area contributed by atoms with E-state index in [4.69, 9.17) is 4.74 Å².